The maximum Gasteiger partial charge on any atom is 0.0942 e. The van der Waals surface area contributed by atoms with Crippen LogP contribution in [0.4, 0.5) is 0 Å². The Kier molecular flexibility index (Phi) is 2.23. The summed E-state index contributed by atoms with van der Waals surface area (Å²) in [6.07, 6.45) is 1.31. The highest BCUT2D eigenvalue weighted by Crippen LogP contribution is 1.98. The van der Waals surface area contributed by atoms with Crippen LogP contribution in [-0.2, 0) is 4.84 Å². The molecule has 1 heterocycles. The van der Waals surface area contributed by atoms with Crippen molar-refractivity contribution in [1.29, 1.82) is 0 Å². The number of rotatable bonds is 2. The van der Waals surface area contributed by atoms with E-state index in [4.69, 9.17) is 10.7 Å². The molecule has 1 rings (SSSR count). The van der Waals surface area contributed by atoms with Gasteiger partial charge < -0.3 is 5.32 Å². The van der Waals surface area contributed by atoms with Gasteiger partial charge in [0.1, 0.15) is 0 Å². The predicted octanol–water partition coefficient (Wildman–Crippen LogP) is -1.26. The number of hydrazine groups is 1. The standard InChI is InChI=1S/C4H11N3O/c5-7-8-4-1-2-6-3-4/h4,6-7H,1-3,5H2/t4-/m0/s1. The van der Waals surface area contributed by atoms with E-state index in [1.807, 2.05) is 0 Å². The summed E-state index contributed by atoms with van der Waals surface area (Å²) in [5.74, 6) is 4.91. The van der Waals surface area contributed by atoms with Crippen molar-refractivity contribution < 1.29 is 4.84 Å². The van der Waals surface area contributed by atoms with E-state index in [9.17, 15) is 0 Å². The van der Waals surface area contributed by atoms with Gasteiger partial charge in [0.2, 0.25) is 0 Å². The van der Waals surface area contributed by atoms with Gasteiger partial charge >= 0.3 is 0 Å². The number of nitrogens with two attached hydrogens (primary N) is 1. The summed E-state index contributed by atoms with van der Waals surface area (Å²) in [6, 6.07) is 0. The van der Waals surface area contributed by atoms with Crippen molar-refractivity contribution >= 4 is 0 Å². The largest absolute Gasteiger partial charge is 0.314 e. The molecule has 0 aliphatic carbocycles. The van der Waals surface area contributed by atoms with Gasteiger partial charge in [0.05, 0.1) is 6.10 Å². The highest BCUT2D eigenvalue weighted by atomic mass is 16.7. The molecule has 1 atom stereocenters. The second kappa shape index (κ2) is 2.99. The summed E-state index contributed by atoms with van der Waals surface area (Å²) < 4.78 is 0. The molecule has 1 saturated heterocycles. The maximum atomic E-state index is 4.91. The SMILES string of the molecule is NNO[C@H]1CCNC1. The molecule has 0 unspecified atom stereocenters. The average Bonchev–Trinajstić information content (AvgIpc) is 2.19. The van der Waals surface area contributed by atoms with Crippen LogP contribution in [0.2, 0.25) is 0 Å². The molecular weight excluding hydrogens is 106 g/mol. The Morgan fingerprint density at radius 2 is 2.62 bits per heavy atom. The van der Waals surface area contributed by atoms with E-state index in [0.717, 1.165) is 19.5 Å². The first-order valence-electron chi connectivity index (χ1n) is 2.75. The van der Waals surface area contributed by atoms with Crippen LogP contribution in [0, 0.1) is 0 Å². The van der Waals surface area contributed by atoms with Crippen LogP contribution in [0.3, 0.4) is 0 Å². The maximum absolute atomic E-state index is 4.91. The topological polar surface area (TPSA) is 59.3 Å². The number of hydrogen-bond acceptors (Lipinski definition) is 4. The summed E-state index contributed by atoms with van der Waals surface area (Å²) in [7, 11) is 0. The monoisotopic (exact) mass is 117 g/mol. The molecule has 0 amide bonds. The van der Waals surface area contributed by atoms with Crippen LogP contribution in [0.25, 0.3) is 0 Å². The lowest BCUT2D eigenvalue weighted by Gasteiger charge is -2.05. The molecular formula is C4H11N3O. The van der Waals surface area contributed by atoms with Gasteiger partial charge in [-0.05, 0) is 13.0 Å². The Labute approximate surface area is 48.3 Å². The highest BCUT2D eigenvalue weighted by molar-refractivity contribution is 4.69. The van der Waals surface area contributed by atoms with Crippen molar-refractivity contribution in [2.45, 2.75) is 12.5 Å². The van der Waals surface area contributed by atoms with Crippen LogP contribution in [0.1, 0.15) is 6.42 Å². The van der Waals surface area contributed by atoms with E-state index in [-0.39, 0.29) is 6.10 Å². The van der Waals surface area contributed by atoms with Gasteiger partial charge in [-0.2, -0.15) is 0 Å². The van der Waals surface area contributed by atoms with E-state index >= 15 is 0 Å². The number of nitrogens with one attached hydrogen (secondary N) is 2. The minimum absolute atomic E-state index is 0.264. The number of hydrogen-bond donors (Lipinski definition) is 3. The third-order valence-corrected chi connectivity index (χ3v) is 1.25. The molecule has 4 heteroatoms. The predicted molar refractivity (Wildman–Crippen MR) is 29.7 cm³/mol. The van der Waals surface area contributed by atoms with E-state index < -0.39 is 0 Å². The molecule has 48 valence electrons. The molecule has 0 aromatic rings. The fourth-order valence-corrected chi connectivity index (χ4v) is 0.825. The van der Waals surface area contributed by atoms with Crippen LogP contribution in [0.15, 0.2) is 0 Å². The molecule has 0 aromatic heterocycles. The molecule has 4 nitrogen and oxygen atoms in total. The van der Waals surface area contributed by atoms with Crippen LogP contribution in [-0.4, -0.2) is 19.2 Å². The van der Waals surface area contributed by atoms with E-state index in [1.165, 1.54) is 0 Å². The lowest BCUT2D eigenvalue weighted by atomic mass is 10.3. The molecule has 1 aliphatic heterocycles. The summed E-state index contributed by atoms with van der Waals surface area (Å²) in [5, 5.41) is 3.14. The molecule has 0 spiro atoms. The quantitative estimate of drug-likeness (QED) is 0.312. The Morgan fingerprint density at radius 1 is 1.75 bits per heavy atom. The van der Waals surface area contributed by atoms with Gasteiger partial charge in [0.15, 0.2) is 0 Å². The van der Waals surface area contributed by atoms with Crippen molar-refractivity contribution in [3.63, 3.8) is 0 Å². The third kappa shape index (κ3) is 1.41. The summed E-state index contributed by atoms with van der Waals surface area (Å²) in [6.45, 7) is 1.94. The van der Waals surface area contributed by atoms with Gasteiger partial charge in [0, 0.05) is 6.54 Å². The lowest BCUT2D eigenvalue weighted by Crippen LogP contribution is -2.30. The van der Waals surface area contributed by atoms with Crippen LogP contribution in [0.5, 0.6) is 0 Å². The third-order valence-electron chi connectivity index (χ3n) is 1.25. The molecule has 1 aliphatic rings. The summed E-state index contributed by atoms with van der Waals surface area (Å²) in [5.41, 5.74) is 2.17. The molecule has 0 bridgehead atoms. The normalized spacial score (nSPS) is 28.9. The first-order chi connectivity index (χ1) is 3.93. The van der Waals surface area contributed by atoms with Crippen LogP contribution >= 0.6 is 0 Å². The van der Waals surface area contributed by atoms with Gasteiger partial charge in [-0.15, -0.1) is 5.59 Å². The summed E-state index contributed by atoms with van der Waals surface area (Å²) in [4.78, 5) is 4.87. The van der Waals surface area contributed by atoms with Crippen molar-refractivity contribution in [3.05, 3.63) is 0 Å². The molecule has 4 N–H and O–H groups in total. The van der Waals surface area contributed by atoms with Gasteiger partial charge in [-0.25, -0.2) is 5.84 Å². The second-order valence-corrected chi connectivity index (χ2v) is 1.85. The van der Waals surface area contributed by atoms with Gasteiger partial charge in [-0.1, -0.05) is 0 Å². The minimum Gasteiger partial charge on any atom is -0.314 e. The van der Waals surface area contributed by atoms with Crippen LogP contribution < -0.4 is 16.7 Å². The second-order valence-electron chi connectivity index (χ2n) is 1.85. The molecule has 8 heavy (non-hydrogen) atoms. The fourth-order valence-electron chi connectivity index (χ4n) is 0.825. The Morgan fingerprint density at radius 3 is 3.12 bits per heavy atom. The smallest absolute Gasteiger partial charge is 0.0942 e. The minimum atomic E-state index is 0.264. The van der Waals surface area contributed by atoms with Gasteiger partial charge in [0.25, 0.3) is 0 Å². The Hall–Kier alpha value is -0.160. The lowest BCUT2D eigenvalue weighted by molar-refractivity contribution is -0.0140. The van der Waals surface area contributed by atoms with Crippen molar-refractivity contribution in [1.82, 2.24) is 10.9 Å². The molecule has 0 saturated carbocycles. The van der Waals surface area contributed by atoms with E-state index in [1.54, 1.807) is 0 Å². The van der Waals surface area contributed by atoms with Crippen molar-refractivity contribution in [3.8, 4) is 0 Å². The van der Waals surface area contributed by atoms with Gasteiger partial charge in [-0.3, -0.25) is 4.84 Å². The highest BCUT2D eigenvalue weighted by Gasteiger charge is 2.13. The first-order valence-corrected chi connectivity index (χ1v) is 2.75. The van der Waals surface area contributed by atoms with E-state index in [0.29, 0.717) is 0 Å². The van der Waals surface area contributed by atoms with Crippen molar-refractivity contribution in [2.24, 2.45) is 5.84 Å². The fraction of sp³-hybridized carbons (Fsp3) is 1.00. The molecule has 1 fully saturated rings. The molecule has 0 aromatic carbocycles. The summed E-state index contributed by atoms with van der Waals surface area (Å²) >= 11 is 0. The van der Waals surface area contributed by atoms with Crippen molar-refractivity contribution in [2.75, 3.05) is 13.1 Å². The zero-order chi connectivity index (χ0) is 5.82. The average molecular weight is 117 g/mol. The van der Waals surface area contributed by atoms with E-state index in [2.05, 4.69) is 10.9 Å². The first kappa shape index (κ1) is 5.97. The zero-order valence-electron chi connectivity index (χ0n) is 4.68. The Bertz CT molecular complexity index is 62.3. The zero-order valence-corrected chi connectivity index (χ0v) is 4.68. The molecule has 0 radical (unpaired) electrons. The Balaban J connectivity index is 2.06.